The van der Waals surface area contributed by atoms with Gasteiger partial charge < -0.3 is 25.2 Å². The Kier molecular flexibility index (Phi) is 8.92. The van der Waals surface area contributed by atoms with Crippen LogP contribution in [0.4, 0.5) is 20.6 Å². The molecule has 0 unspecified atom stereocenters. The normalized spacial score (nSPS) is 19.8. The minimum atomic E-state index is -0.300. The maximum absolute atomic E-state index is 14.8. The van der Waals surface area contributed by atoms with E-state index in [0.29, 0.717) is 23.8 Å². The Morgan fingerprint density at radius 3 is 2.61 bits per heavy atom. The van der Waals surface area contributed by atoms with Crippen LogP contribution in [0, 0.1) is 11.7 Å². The van der Waals surface area contributed by atoms with E-state index in [9.17, 15) is 9.18 Å². The first-order chi connectivity index (χ1) is 14.9. The second kappa shape index (κ2) is 11.6. The van der Waals surface area contributed by atoms with Crippen molar-refractivity contribution in [3.8, 4) is 0 Å². The third-order valence-corrected chi connectivity index (χ3v) is 6.07. The fourth-order valence-electron chi connectivity index (χ4n) is 4.36. The van der Waals surface area contributed by atoms with Gasteiger partial charge in [-0.1, -0.05) is 13.8 Å². The van der Waals surface area contributed by atoms with E-state index in [1.807, 2.05) is 0 Å². The van der Waals surface area contributed by atoms with Crippen LogP contribution in [-0.2, 0) is 4.74 Å². The molecule has 3 rings (SSSR count). The van der Waals surface area contributed by atoms with Crippen molar-refractivity contribution in [2.24, 2.45) is 5.92 Å². The molecule has 0 saturated carbocycles. The summed E-state index contributed by atoms with van der Waals surface area (Å²) in [7, 11) is 2.09. The summed E-state index contributed by atoms with van der Waals surface area (Å²) in [6.07, 6.45) is 2.02. The van der Waals surface area contributed by atoms with Crippen LogP contribution in [0.5, 0.6) is 0 Å². The van der Waals surface area contributed by atoms with Crippen LogP contribution in [0.15, 0.2) is 18.2 Å². The van der Waals surface area contributed by atoms with Crippen LogP contribution < -0.4 is 15.5 Å². The fourth-order valence-corrected chi connectivity index (χ4v) is 4.36. The number of carbonyl (C=O) groups is 1. The number of urea groups is 1. The van der Waals surface area contributed by atoms with E-state index in [1.165, 1.54) is 6.07 Å². The molecule has 1 atom stereocenters. The number of likely N-dealkylation sites (N-methyl/N-ethyl adjacent to an activating group) is 1. The zero-order valence-corrected chi connectivity index (χ0v) is 19.2. The Hall–Kier alpha value is -1.90. The monoisotopic (exact) mass is 435 g/mol. The van der Waals surface area contributed by atoms with Gasteiger partial charge in [0.2, 0.25) is 0 Å². The predicted octanol–water partition coefficient (Wildman–Crippen LogP) is 2.84. The Balaban J connectivity index is 1.53. The third kappa shape index (κ3) is 7.33. The smallest absolute Gasteiger partial charge is 0.319 e. The molecule has 2 N–H and O–H groups in total. The lowest BCUT2D eigenvalue weighted by molar-refractivity contribution is 0.0130. The Labute approximate surface area is 185 Å². The number of morpholine rings is 1. The average Bonchev–Trinajstić information content (AvgIpc) is 2.96. The zero-order chi connectivity index (χ0) is 22.2. The maximum atomic E-state index is 14.8. The highest BCUT2D eigenvalue weighted by Gasteiger charge is 2.22. The van der Waals surface area contributed by atoms with Crippen molar-refractivity contribution in [3.63, 3.8) is 0 Å². The van der Waals surface area contributed by atoms with E-state index in [4.69, 9.17) is 4.74 Å². The molecule has 174 valence electrons. The molecular weight excluding hydrogens is 397 g/mol. The number of ether oxygens (including phenoxy) is 1. The minimum Gasteiger partial charge on any atom is -0.379 e. The van der Waals surface area contributed by atoms with Gasteiger partial charge in [0.25, 0.3) is 0 Å². The lowest BCUT2D eigenvalue weighted by Crippen LogP contribution is -2.49. The lowest BCUT2D eigenvalue weighted by Gasteiger charge is -2.35. The standard InChI is InChI=1S/C23H38FN5O2/c1-18(2)15-20(28-11-13-31-14-12-28)17-25-23(30)26-19-5-6-22(21(24)16-19)29-8-4-7-27(3)9-10-29/h5-6,16,18,20H,4,7-15,17H2,1-3H3,(H2,25,26,30)/t20-/m0/s1. The van der Waals surface area contributed by atoms with Crippen molar-refractivity contribution in [1.82, 2.24) is 15.1 Å². The number of nitrogens with zero attached hydrogens (tertiary/aromatic N) is 3. The molecule has 1 aromatic carbocycles. The Bertz CT molecular complexity index is 711. The summed E-state index contributed by atoms with van der Waals surface area (Å²) in [5, 5.41) is 5.76. The van der Waals surface area contributed by atoms with Crippen LogP contribution >= 0.6 is 0 Å². The Morgan fingerprint density at radius 2 is 1.90 bits per heavy atom. The summed E-state index contributed by atoms with van der Waals surface area (Å²) in [4.78, 5) is 19.2. The van der Waals surface area contributed by atoms with Gasteiger partial charge >= 0.3 is 6.03 Å². The molecule has 2 heterocycles. The molecule has 0 radical (unpaired) electrons. The van der Waals surface area contributed by atoms with E-state index in [1.54, 1.807) is 12.1 Å². The molecule has 1 aromatic rings. The van der Waals surface area contributed by atoms with Crippen LogP contribution in [0.1, 0.15) is 26.7 Å². The number of carbonyl (C=O) groups excluding carboxylic acids is 1. The molecule has 0 bridgehead atoms. The number of nitrogens with one attached hydrogen (secondary N) is 2. The number of hydrogen-bond donors (Lipinski definition) is 2. The highest BCUT2D eigenvalue weighted by Crippen LogP contribution is 2.24. The van der Waals surface area contributed by atoms with Gasteiger partial charge in [-0.15, -0.1) is 0 Å². The SMILES string of the molecule is CC(C)C[C@@H](CNC(=O)Nc1ccc(N2CCCN(C)CC2)c(F)c1)N1CCOCC1. The second-order valence-electron chi connectivity index (χ2n) is 9.08. The van der Waals surface area contributed by atoms with Crippen LogP contribution in [-0.4, -0.2) is 87.9 Å². The van der Waals surface area contributed by atoms with Gasteiger partial charge in [0.15, 0.2) is 0 Å². The molecule has 2 saturated heterocycles. The number of benzene rings is 1. The van der Waals surface area contributed by atoms with Gasteiger partial charge in [-0.2, -0.15) is 0 Å². The summed E-state index contributed by atoms with van der Waals surface area (Å²) in [6, 6.07) is 4.93. The van der Waals surface area contributed by atoms with E-state index in [0.717, 1.165) is 65.3 Å². The van der Waals surface area contributed by atoms with Crippen molar-refractivity contribution in [1.29, 1.82) is 0 Å². The first kappa shape index (κ1) is 23.8. The first-order valence-electron chi connectivity index (χ1n) is 11.5. The molecule has 2 fully saturated rings. The fraction of sp³-hybridized carbons (Fsp3) is 0.696. The van der Waals surface area contributed by atoms with Crippen LogP contribution in [0.2, 0.25) is 0 Å². The van der Waals surface area contributed by atoms with Crippen molar-refractivity contribution in [2.45, 2.75) is 32.7 Å². The van der Waals surface area contributed by atoms with E-state index < -0.39 is 0 Å². The first-order valence-corrected chi connectivity index (χ1v) is 11.5. The van der Waals surface area contributed by atoms with Crippen LogP contribution in [0.25, 0.3) is 0 Å². The van der Waals surface area contributed by atoms with E-state index >= 15 is 0 Å². The van der Waals surface area contributed by atoms with Crippen molar-refractivity contribution in [3.05, 3.63) is 24.0 Å². The maximum Gasteiger partial charge on any atom is 0.319 e. The van der Waals surface area contributed by atoms with E-state index in [-0.39, 0.29) is 17.9 Å². The topological polar surface area (TPSA) is 60.1 Å². The lowest BCUT2D eigenvalue weighted by atomic mass is 10.0. The molecule has 0 spiro atoms. The average molecular weight is 436 g/mol. The molecular formula is C23H38FN5O2. The molecule has 2 aliphatic heterocycles. The second-order valence-corrected chi connectivity index (χ2v) is 9.08. The molecule has 2 amide bonds. The number of amides is 2. The molecule has 31 heavy (non-hydrogen) atoms. The Morgan fingerprint density at radius 1 is 1.13 bits per heavy atom. The van der Waals surface area contributed by atoms with Crippen molar-refractivity contribution in [2.75, 3.05) is 76.3 Å². The zero-order valence-electron chi connectivity index (χ0n) is 19.2. The van der Waals surface area contributed by atoms with Gasteiger partial charge in [-0.3, -0.25) is 4.90 Å². The summed E-state index contributed by atoms with van der Waals surface area (Å²) >= 11 is 0. The van der Waals surface area contributed by atoms with Crippen LogP contribution in [0.3, 0.4) is 0 Å². The van der Waals surface area contributed by atoms with Gasteiger partial charge in [0.05, 0.1) is 18.9 Å². The minimum absolute atomic E-state index is 0.273. The molecule has 7 nitrogen and oxygen atoms in total. The number of halogens is 1. The number of anilines is 2. The largest absolute Gasteiger partial charge is 0.379 e. The summed E-state index contributed by atoms with van der Waals surface area (Å²) in [5.41, 5.74) is 1.07. The van der Waals surface area contributed by atoms with Crippen molar-refractivity contribution >= 4 is 17.4 Å². The summed E-state index contributed by atoms with van der Waals surface area (Å²) in [5.74, 6) is 0.242. The quantitative estimate of drug-likeness (QED) is 0.690. The summed E-state index contributed by atoms with van der Waals surface area (Å²) in [6.45, 7) is 11.8. The third-order valence-electron chi connectivity index (χ3n) is 6.07. The highest BCUT2D eigenvalue weighted by molar-refractivity contribution is 5.89. The number of hydrogen-bond acceptors (Lipinski definition) is 5. The molecule has 8 heteroatoms. The predicted molar refractivity (Wildman–Crippen MR) is 123 cm³/mol. The van der Waals surface area contributed by atoms with Gasteiger partial charge in [-0.25, -0.2) is 9.18 Å². The van der Waals surface area contributed by atoms with Gasteiger partial charge in [-0.05, 0) is 50.6 Å². The number of rotatable bonds is 7. The molecule has 0 aliphatic carbocycles. The van der Waals surface area contributed by atoms with Gasteiger partial charge in [0, 0.05) is 51.0 Å². The van der Waals surface area contributed by atoms with Crippen molar-refractivity contribution < 1.29 is 13.9 Å². The molecule has 2 aliphatic rings. The highest BCUT2D eigenvalue weighted by atomic mass is 19.1. The summed E-state index contributed by atoms with van der Waals surface area (Å²) < 4.78 is 20.2. The molecule has 0 aromatic heterocycles. The van der Waals surface area contributed by atoms with E-state index in [2.05, 4.69) is 46.2 Å². The van der Waals surface area contributed by atoms with Gasteiger partial charge in [0.1, 0.15) is 5.82 Å².